The van der Waals surface area contributed by atoms with Crippen molar-refractivity contribution in [3.63, 3.8) is 0 Å². The molecular formula is C16H16N4O3. The molecule has 0 bridgehead atoms. The zero-order valence-electron chi connectivity index (χ0n) is 12.9. The molecule has 0 spiro atoms. The lowest BCUT2D eigenvalue weighted by atomic mass is 10.2. The number of rotatable bonds is 4. The van der Waals surface area contributed by atoms with Crippen LogP contribution in [0, 0.1) is 18.3 Å². The van der Waals surface area contributed by atoms with Gasteiger partial charge in [0.2, 0.25) is 5.91 Å². The summed E-state index contributed by atoms with van der Waals surface area (Å²) in [5.41, 5.74) is 0.0686. The van der Waals surface area contributed by atoms with Crippen molar-refractivity contribution in [2.24, 2.45) is 0 Å². The van der Waals surface area contributed by atoms with Gasteiger partial charge in [-0.05, 0) is 26.0 Å². The molecule has 0 radical (unpaired) electrons. The minimum atomic E-state index is -0.763. The van der Waals surface area contributed by atoms with E-state index in [1.54, 1.807) is 25.1 Å². The smallest absolute Gasteiger partial charge is 0.325 e. The van der Waals surface area contributed by atoms with Gasteiger partial charge >= 0.3 is 5.69 Å². The first-order valence-corrected chi connectivity index (χ1v) is 7.07. The van der Waals surface area contributed by atoms with Gasteiger partial charge in [-0.15, -0.1) is 0 Å². The van der Waals surface area contributed by atoms with Crippen molar-refractivity contribution in [3.8, 4) is 6.07 Å². The molecule has 23 heavy (non-hydrogen) atoms. The van der Waals surface area contributed by atoms with E-state index in [4.69, 9.17) is 5.26 Å². The van der Waals surface area contributed by atoms with Crippen LogP contribution in [0.1, 0.15) is 18.1 Å². The van der Waals surface area contributed by atoms with Crippen molar-refractivity contribution in [1.29, 1.82) is 5.26 Å². The summed E-state index contributed by atoms with van der Waals surface area (Å²) in [7, 11) is 0. The van der Waals surface area contributed by atoms with Gasteiger partial charge in [0.05, 0.1) is 0 Å². The molecule has 0 saturated heterocycles. The number of hydrogen-bond acceptors (Lipinski definition) is 4. The molecule has 0 aliphatic rings. The van der Waals surface area contributed by atoms with Crippen LogP contribution in [-0.4, -0.2) is 15.0 Å². The molecule has 2 aromatic rings. The second-order valence-electron chi connectivity index (χ2n) is 5.03. The van der Waals surface area contributed by atoms with E-state index in [1.807, 2.05) is 19.1 Å². The predicted molar refractivity (Wildman–Crippen MR) is 85.2 cm³/mol. The molecule has 0 saturated carbocycles. The third kappa shape index (κ3) is 3.55. The predicted octanol–water partition coefficient (Wildman–Crippen LogP) is 0.849. The third-order valence-electron chi connectivity index (χ3n) is 3.34. The average molecular weight is 312 g/mol. The number of carbonyl (C=O) groups excluding carboxylic acids is 1. The van der Waals surface area contributed by atoms with Crippen LogP contribution in [0.4, 0.5) is 5.69 Å². The van der Waals surface area contributed by atoms with Crippen LogP contribution in [0.3, 0.4) is 0 Å². The minimum absolute atomic E-state index is 0.172. The van der Waals surface area contributed by atoms with Gasteiger partial charge in [-0.3, -0.25) is 14.2 Å². The van der Waals surface area contributed by atoms with Crippen LogP contribution in [0.2, 0.25) is 0 Å². The highest BCUT2D eigenvalue weighted by molar-refractivity contribution is 5.90. The number of aromatic nitrogens is 2. The second kappa shape index (κ2) is 6.75. The summed E-state index contributed by atoms with van der Waals surface area (Å²) in [5, 5.41) is 11.6. The van der Waals surface area contributed by atoms with Gasteiger partial charge in [-0.25, -0.2) is 9.36 Å². The molecule has 0 atom stereocenters. The topological polar surface area (TPSA) is 96.9 Å². The molecule has 1 amide bonds. The van der Waals surface area contributed by atoms with Gasteiger partial charge in [0.25, 0.3) is 5.56 Å². The monoisotopic (exact) mass is 312 g/mol. The first-order chi connectivity index (χ1) is 11.0. The zero-order valence-corrected chi connectivity index (χ0v) is 12.9. The lowest BCUT2D eigenvalue weighted by molar-refractivity contribution is -0.116. The number of nitrogens with one attached hydrogen (secondary N) is 1. The summed E-state index contributed by atoms with van der Waals surface area (Å²) in [4.78, 5) is 36.3. The first-order valence-electron chi connectivity index (χ1n) is 7.07. The van der Waals surface area contributed by atoms with Crippen molar-refractivity contribution in [1.82, 2.24) is 9.13 Å². The molecule has 1 aromatic carbocycles. The van der Waals surface area contributed by atoms with E-state index in [-0.39, 0.29) is 5.56 Å². The number of nitrogens with zero attached hydrogens (tertiary/aromatic N) is 3. The van der Waals surface area contributed by atoms with Crippen molar-refractivity contribution in [2.45, 2.75) is 26.9 Å². The van der Waals surface area contributed by atoms with Gasteiger partial charge in [0, 0.05) is 18.4 Å². The van der Waals surface area contributed by atoms with Gasteiger partial charge in [0.15, 0.2) is 0 Å². The summed E-state index contributed by atoms with van der Waals surface area (Å²) >= 11 is 0. The zero-order chi connectivity index (χ0) is 17.0. The maximum Gasteiger partial charge on any atom is 0.331 e. The fourth-order valence-electron chi connectivity index (χ4n) is 2.08. The van der Waals surface area contributed by atoms with E-state index in [2.05, 4.69) is 5.32 Å². The quantitative estimate of drug-likeness (QED) is 0.905. The van der Waals surface area contributed by atoms with Crippen molar-refractivity contribution in [2.75, 3.05) is 5.32 Å². The second-order valence-corrected chi connectivity index (χ2v) is 5.03. The number of anilines is 1. The maximum atomic E-state index is 12.2. The van der Waals surface area contributed by atoms with Gasteiger partial charge in [0.1, 0.15) is 18.2 Å². The normalized spacial score (nSPS) is 10.1. The summed E-state index contributed by atoms with van der Waals surface area (Å²) in [6.45, 7) is 3.49. The summed E-state index contributed by atoms with van der Waals surface area (Å²) in [6.07, 6.45) is 1.21. The standard InChI is InChI=1S/C16H16N4O3/c1-3-19-9-12(8-17)15(22)20(16(19)23)10-14(21)18-13-6-4-11(2)5-7-13/h4-7,9H,3,10H2,1-2H3,(H,18,21). The Morgan fingerprint density at radius 1 is 1.26 bits per heavy atom. The van der Waals surface area contributed by atoms with E-state index in [1.165, 1.54) is 10.8 Å². The van der Waals surface area contributed by atoms with Crippen molar-refractivity contribution >= 4 is 11.6 Å². The molecule has 0 fully saturated rings. The van der Waals surface area contributed by atoms with E-state index in [9.17, 15) is 14.4 Å². The lowest BCUT2D eigenvalue weighted by Crippen LogP contribution is -2.43. The van der Waals surface area contributed by atoms with Crippen molar-refractivity contribution in [3.05, 3.63) is 62.4 Å². The molecule has 118 valence electrons. The number of benzene rings is 1. The van der Waals surface area contributed by atoms with Crippen LogP contribution in [0.5, 0.6) is 0 Å². The van der Waals surface area contributed by atoms with Crippen LogP contribution in [0.15, 0.2) is 40.1 Å². The fraction of sp³-hybridized carbons (Fsp3) is 0.250. The third-order valence-corrected chi connectivity index (χ3v) is 3.34. The van der Waals surface area contributed by atoms with E-state index >= 15 is 0 Å². The minimum Gasteiger partial charge on any atom is -0.325 e. The Kier molecular flexibility index (Phi) is 4.76. The molecule has 0 unspecified atom stereocenters. The Balaban J connectivity index is 2.31. The molecule has 1 aromatic heterocycles. The Morgan fingerprint density at radius 2 is 1.91 bits per heavy atom. The first kappa shape index (κ1) is 16.2. The Bertz CT molecular complexity index is 886. The van der Waals surface area contributed by atoms with Crippen LogP contribution in [-0.2, 0) is 17.9 Å². The van der Waals surface area contributed by atoms with E-state index in [0.29, 0.717) is 12.2 Å². The van der Waals surface area contributed by atoms with Crippen LogP contribution in [0.25, 0.3) is 0 Å². The summed E-state index contributed by atoms with van der Waals surface area (Å²) in [5.74, 6) is -0.509. The number of nitriles is 1. The molecule has 0 aliphatic heterocycles. The maximum absolute atomic E-state index is 12.2. The van der Waals surface area contributed by atoms with Crippen LogP contribution < -0.4 is 16.6 Å². The number of carbonyl (C=O) groups is 1. The molecule has 2 rings (SSSR count). The average Bonchev–Trinajstić information content (AvgIpc) is 2.54. The Labute approximate surface area is 132 Å². The van der Waals surface area contributed by atoms with Gasteiger partial charge in [-0.2, -0.15) is 5.26 Å². The summed E-state index contributed by atoms with van der Waals surface area (Å²) < 4.78 is 1.99. The van der Waals surface area contributed by atoms with Gasteiger partial charge in [-0.1, -0.05) is 17.7 Å². The summed E-state index contributed by atoms with van der Waals surface area (Å²) in [6, 6.07) is 8.87. The number of aryl methyl sites for hydroxylation is 2. The largest absolute Gasteiger partial charge is 0.331 e. The Morgan fingerprint density at radius 3 is 2.48 bits per heavy atom. The molecular weight excluding hydrogens is 296 g/mol. The molecule has 1 heterocycles. The molecule has 7 nitrogen and oxygen atoms in total. The SMILES string of the molecule is CCn1cc(C#N)c(=O)n(CC(=O)Nc2ccc(C)cc2)c1=O. The van der Waals surface area contributed by atoms with E-state index < -0.39 is 23.7 Å². The number of hydrogen-bond donors (Lipinski definition) is 1. The number of amides is 1. The van der Waals surface area contributed by atoms with Gasteiger partial charge < -0.3 is 5.32 Å². The highest BCUT2D eigenvalue weighted by Gasteiger charge is 2.13. The molecule has 7 heteroatoms. The lowest BCUT2D eigenvalue weighted by Gasteiger charge is -2.10. The fourth-order valence-corrected chi connectivity index (χ4v) is 2.08. The highest BCUT2D eigenvalue weighted by Crippen LogP contribution is 2.08. The molecule has 1 N–H and O–H groups in total. The van der Waals surface area contributed by atoms with Crippen LogP contribution >= 0.6 is 0 Å². The highest BCUT2D eigenvalue weighted by atomic mass is 16.2. The van der Waals surface area contributed by atoms with E-state index in [0.717, 1.165) is 10.1 Å². The Hall–Kier alpha value is -3.14. The van der Waals surface area contributed by atoms with Crippen molar-refractivity contribution < 1.29 is 4.79 Å². The molecule has 0 aliphatic carbocycles.